The molecule has 1 saturated heterocycles. The molecule has 1 fully saturated rings. The lowest BCUT2D eigenvalue weighted by Gasteiger charge is -2.43. The van der Waals surface area contributed by atoms with Gasteiger partial charge in [-0.05, 0) is 18.4 Å². The maximum atomic E-state index is 11.7. The van der Waals surface area contributed by atoms with Crippen LogP contribution in [0.2, 0.25) is 0 Å². The van der Waals surface area contributed by atoms with Crippen LogP contribution < -0.4 is 0 Å². The first kappa shape index (κ1) is 30.1. The number of hydrogen-bond acceptors (Lipinski definition) is 11. The Morgan fingerprint density at radius 2 is 1.49 bits per heavy atom. The normalized spacial score (nSPS) is 23.5. The second-order valence-corrected chi connectivity index (χ2v) is 8.01. The van der Waals surface area contributed by atoms with Crippen molar-refractivity contribution in [3.05, 3.63) is 10.4 Å². The van der Waals surface area contributed by atoms with Crippen molar-refractivity contribution in [3.63, 3.8) is 0 Å². The zero-order valence-electron chi connectivity index (χ0n) is 20.7. The Kier molecular flexibility index (Phi) is 14.4. The van der Waals surface area contributed by atoms with E-state index in [1.807, 2.05) is 0 Å². The third-order valence-electron chi connectivity index (χ3n) is 5.14. The minimum atomic E-state index is -1.21. The first-order chi connectivity index (χ1) is 16.7. The highest BCUT2D eigenvalue weighted by Crippen LogP contribution is 2.30. The lowest BCUT2D eigenvalue weighted by molar-refractivity contribution is -0.273. The van der Waals surface area contributed by atoms with Gasteiger partial charge in [0.2, 0.25) is 0 Å². The fourth-order valence-corrected chi connectivity index (χ4v) is 3.59. The van der Waals surface area contributed by atoms with Crippen LogP contribution in [-0.4, -0.2) is 74.8 Å². The Morgan fingerprint density at radius 3 is 2.06 bits per heavy atom. The highest BCUT2D eigenvalue weighted by Gasteiger charge is 2.50. The van der Waals surface area contributed by atoms with E-state index in [-0.39, 0.29) is 19.2 Å². The molecule has 1 aliphatic heterocycles. The summed E-state index contributed by atoms with van der Waals surface area (Å²) in [5.41, 5.74) is 9.06. The molecule has 0 amide bonds. The molecule has 0 N–H and O–H groups in total. The smallest absolute Gasteiger partial charge is 0.305 e. The molecule has 0 bridgehead atoms. The summed E-state index contributed by atoms with van der Waals surface area (Å²) in [5, 5.41) is 3.67. The Hall–Kier alpha value is -2.89. The van der Waals surface area contributed by atoms with Crippen molar-refractivity contribution in [1.29, 1.82) is 0 Å². The third kappa shape index (κ3) is 11.9. The summed E-state index contributed by atoms with van der Waals surface area (Å²) in [4.78, 5) is 48.6. The van der Waals surface area contributed by atoms with Gasteiger partial charge >= 0.3 is 23.9 Å². The van der Waals surface area contributed by atoms with Crippen molar-refractivity contribution in [2.75, 3.05) is 20.3 Å². The van der Waals surface area contributed by atoms with Crippen LogP contribution in [0.4, 0.5) is 0 Å². The van der Waals surface area contributed by atoms with Crippen LogP contribution in [-0.2, 0) is 47.6 Å². The molecule has 1 rings (SSSR count). The predicted molar refractivity (Wildman–Crippen MR) is 120 cm³/mol. The molecule has 1 heterocycles. The highest BCUT2D eigenvalue weighted by atomic mass is 16.7. The molecule has 0 aromatic heterocycles. The number of unbranched alkanes of at least 4 members (excludes halogenated alkanes) is 5. The van der Waals surface area contributed by atoms with Crippen molar-refractivity contribution >= 4 is 23.9 Å². The topological polar surface area (TPSA) is 172 Å². The lowest BCUT2D eigenvalue weighted by Crippen LogP contribution is -2.61. The minimum absolute atomic E-state index is 0.213. The summed E-state index contributed by atoms with van der Waals surface area (Å²) in [6.45, 7) is 3.50. The van der Waals surface area contributed by atoms with Gasteiger partial charge in [-0.15, -0.1) is 0 Å². The Morgan fingerprint density at radius 1 is 0.886 bits per heavy atom. The second-order valence-electron chi connectivity index (χ2n) is 8.01. The van der Waals surface area contributed by atoms with Crippen molar-refractivity contribution in [2.45, 2.75) is 96.4 Å². The summed E-state index contributed by atoms with van der Waals surface area (Å²) in [7, 11) is 1.37. The van der Waals surface area contributed by atoms with Crippen molar-refractivity contribution in [1.82, 2.24) is 0 Å². The number of azide groups is 1. The van der Waals surface area contributed by atoms with Crippen LogP contribution in [0, 0.1) is 0 Å². The highest BCUT2D eigenvalue weighted by molar-refractivity contribution is 5.69. The monoisotopic (exact) mass is 501 g/mol. The fourth-order valence-electron chi connectivity index (χ4n) is 3.59. The summed E-state index contributed by atoms with van der Waals surface area (Å²) < 4.78 is 31.9. The maximum absolute atomic E-state index is 11.7. The van der Waals surface area contributed by atoms with E-state index in [0.29, 0.717) is 12.8 Å². The zero-order chi connectivity index (χ0) is 26.2. The molecule has 13 nitrogen and oxygen atoms in total. The van der Waals surface area contributed by atoms with Crippen LogP contribution in [0.5, 0.6) is 0 Å². The Labute approximate surface area is 204 Å². The third-order valence-corrected chi connectivity index (χ3v) is 5.14. The molecule has 5 atom stereocenters. The molecule has 198 valence electrons. The number of ether oxygens (including phenoxy) is 6. The van der Waals surface area contributed by atoms with Crippen LogP contribution in [0.25, 0.3) is 10.4 Å². The van der Waals surface area contributed by atoms with Crippen LogP contribution in [0.3, 0.4) is 0 Å². The molecule has 0 aliphatic carbocycles. The van der Waals surface area contributed by atoms with Gasteiger partial charge in [-0.3, -0.25) is 19.2 Å². The molecule has 0 saturated carbocycles. The largest absolute Gasteiger partial charge is 0.469 e. The lowest BCUT2D eigenvalue weighted by atomic mass is 9.96. The van der Waals surface area contributed by atoms with Crippen LogP contribution in [0.1, 0.15) is 65.7 Å². The molecule has 13 heteroatoms. The predicted octanol–water partition coefficient (Wildman–Crippen LogP) is 2.74. The van der Waals surface area contributed by atoms with Gasteiger partial charge in [-0.2, -0.15) is 0 Å². The molecule has 0 radical (unpaired) electrons. The summed E-state index contributed by atoms with van der Waals surface area (Å²) in [6, 6.07) is -1.14. The average Bonchev–Trinajstić information content (AvgIpc) is 2.79. The number of carbonyl (C=O) groups is 4. The molecule has 0 unspecified atom stereocenters. The molecule has 35 heavy (non-hydrogen) atoms. The van der Waals surface area contributed by atoms with E-state index in [9.17, 15) is 19.2 Å². The minimum Gasteiger partial charge on any atom is -0.469 e. The maximum Gasteiger partial charge on any atom is 0.305 e. The van der Waals surface area contributed by atoms with E-state index >= 15 is 0 Å². The molecule has 1 aliphatic rings. The van der Waals surface area contributed by atoms with E-state index in [2.05, 4.69) is 14.8 Å². The molecule has 0 aromatic rings. The van der Waals surface area contributed by atoms with E-state index in [1.165, 1.54) is 14.0 Å². The summed E-state index contributed by atoms with van der Waals surface area (Å²) >= 11 is 0. The fraction of sp³-hybridized carbons (Fsp3) is 0.818. The first-order valence-electron chi connectivity index (χ1n) is 11.6. The number of esters is 4. The molecular formula is C22H35N3O10. The Bertz CT molecular complexity index is 756. The number of nitrogens with zero attached hydrogens (tertiary/aromatic N) is 3. The summed E-state index contributed by atoms with van der Waals surface area (Å²) in [5.74, 6) is -2.17. The quantitative estimate of drug-likeness (QED) is 0.0810. The zero-order valence-corrected chi connectivity index (χ0v) is 20.7. The van der Waals surface area contributed by atoms with Gasteiger partial charge in [0.1, 0.15) is 18.8 Å². The SMILES string of the molecule is COC(=O)CCCCCCCCO[C@@H]1O[C@H](COC(C)=O)[C@@H](OC(C)=O)[C@H](OC(C)=O)[C@@H]1N=[N+]=[N-]. The van der Waals surface area contributed by atoms with Gasteiger partial charge in [-0.1, -0.05) is 30.8 Å². The van der Waals surface area contributed by atoms with Gasteiger partial charge in [0.15, 0.2) is 18.5 Å². The van der Waals surface area contributed by atoms with Crippen molar-refractivity contribution in [2.24, 2.45) is 5.11 Å². The first-order valence-corrected chi connectivity index (χ1v) is 11.6. The van der Waals surface area contributed by atoms with Gasteiger partial charge in [0, 0.05) is 38.7 Å². The summed E-state index contributed by atoms with van der Waals surface area (Å²) in [6.07, 6.45) is 1.01. The molecule has 0 spiro atoms. The molecule has 0 aromatic carbocycles. The number of rotatable bonds is 15. The number of carbonyl (C=O) groups excluding carboxylic acids is 4. The van der Waals surface area contributed by atoms with E-state index < -0.39 is 48.6 Å². The Balaban J connectivity index is 2.75. The number of hydrogen-bond donors (Lipinski definition) is 0. The van der Waals surface area contributed by atoms with Gasteiger partial charge < -0.3 is 28.4 Å². The average molecular weight is 502 g/mol. The van der Waals surface area contributed by atoms with Gasteiger partial charge in [0.25, 0.3) is 0 Å². The van der Waals surface area contributed by atoms with E-state index in [1.54, 1.807) is 0 Å². The van der Waals surface area contributed by atoms with Gasteiger partial charge in [0.05, 0.1) is 7.11 Å². The van der Waals surface area contributed by atoms with Crippen LogP contribution >= 0.6 is 0 Å². The van der Waals surface area contributed by atoms with E-state index in [0.717, 1.165) is 46.0 Å². The second kappa shape index (κ2) is 16.7. The number of methoxy groups -OCH3 is 1. The van der Waals surface area contributed by atoms with Crippen LogP contribution in [0.15, 0.2) is 5.11 Å². The molecular weight excluding hydrogens is 466 g/mol. The van der Waals surface area contributed by atoms with Gasteiger partial charge in [-0.25, -0.2) is 0 Å². The van der Waals surface area contributed by atoms with E-state index in [4.69, 9.17) is 29.2 Å². The standard InChI is InChI=1S/C22H35N3O10/c1-14(26)32-13-17-20(33-15(2)27)21(34-16(3)28)19(24-25-23)22(35-17)31-12-10-8-6-5-7-9-11-18(29)30-4/h17,19-22H,5-13H2,1-4H3/t17-,19+,20-,21-,22-/m1/s1. The van der Waals surface area contributed by atoms with Crippen molar-refractivity contribution < 1.29 is 47.6 Å². The van der Waals surface area contributed by atoms with Crippen molar-refractivity contribution in [3.8, 4) is 0 Å².